The Labute approximate surface area is 100 Å². The Morgan fingerprint density at radius 3 is 2.94 bits per heavy atom. The molecule has 6 heteroatoms. The second-order valence-corrected chi connectivity index (χ2v) is 4.26. The first-order valence-corrected chi connectivity index (χ1v) is 5.77. The van der Waals surface area contributed by atoms with Crippen LogP contribution in [0.25, 0.3) is 5.65 Å². The fourth-order valence-corrected chi connectivity index (χ4v) is 1.76. The van der Waals surface area contributed by atoms with E-state index in [2.05, 4.69) is 32.7 Å². The lowest BCUT2D eigenvalue weighted by atomic mass is 10.2. The van der Waals surface area contributed by atoms with Gasteiger partial charge in [-0.15, -0.1) is 10.2 Å². The van der Waals surface area contributed by atoms with Crippen molar-refractivity contribution < 1.29 is 0 Å². The van der Waals surface area contributed by atoms with Crippen LogP contribution in [0.1, 0.15) is 12.7 Å². The van der Waals surface area contributed by atoms with Crippen LogP contribution in [0.5, 0.6) is 0 Å². The lowest BCUT2D eigenvalue weighted by Gasteiger charge is -2.12. The predicted molar refractivity (Wildman–Crippen MR) is 67.1 cm³/mol. The molecule has 2 heterocycles. The van der Waals surface area contributed by atoms with Gasteiger partial charge < -0.3 is 10.6 Å². The average molecular weight is 234 g/mol. The van der Waals surface area contributed by atoms with E-state index in [1.165, 1.54) is 0 Å². The Morgan fingerprint density at radius 2 is 2.18 bits per heavy atom. The molecule has 0 aliphatic carbocycles. The Hall–Kier alpha value is -1.69. The SMILES string of the molecule is CNCC(C)CNc1nccn2c(C)nnc12. The van der Waals surface area contributed by atoms with Crippen LogP contribution in [0.15, 0.2) is 12.4 Å². The fraction of sp³-hybridized carbons (Fsp3) is 0.545. The standard InChI is InChI=1S/C11H18N6/c1-8(6-12-3)7-14-10-11-16-15-9(2)17(11)5-4-13-10/h4-5,8,12H,6-7H2,1-3H3,(H,13,14). The molecule has 1 unspecified atom stereocenters. The maximum atomic E-state index is 4.30. The second-order valence-electron chi connectivity index (χ2n) is 4.26. The molecular formula is C11H18N6. The average Bonchev–Trinajstić information content (AvgIpc) is 2.70. The minimum absolute atomic E-state index is 0.533. The van der Waals surface area contributed by atoms with E-state index in [1.807, 2.05) is 24.6 Å². The molecule has 1 atom stereocenters. The zero-order valence-corrected chi connectivity index (χ0v) is 10.4. The highest BCUT2D eigenvalue weighted by molar-refractivity contribution is 5.61. The van der Waals surface area contributed by atoms with Crippen LogP contribution in [-0.4, -0.2) is 39.7 Å². The number of rotatable bonds is 5. The van der Waals surface area contributed by atoms with E-state index in [0.29, 0.717) is 5.92 Å². The van der Waals surface area contributed by atoms with Crippen LogP contribution in [0.2, 0.25) is 0 Å². The third-order valence-electron chi connectivity index (χ3n) is 2.67. The van der Waals surface area contributed by atoms with Gasteiger partial charge in [0.15, 0.2) is 5.82 Å². The molecule has 0 aliphatic rings. The summed E-state index contributed by atoms with van der Waals surface area (Å²) in [7, 11) is 1.96. The molecule has 2 rings (SSSR count). The topological polar surface area (TPSA) is 67.1 Å². The van der Waals surface area contributed by atoms with Gasteiger partial charge in [0.2, 0.25) is 5.65 Å². The lowest BCUT2D eigenvalue weighted by Crippen LogP contribution is -2.23. The molecule has 17 heavy (non-hydrogen) atoms. The number of hydrogen-bond acceptors (Lipinski definition) is 5. The van der Waals surface area contributed by atoms with E-state index in [1.54, 1.807) is 6.20 Å². The zero-order valence-electron chi connectivity index (χ0n) is 10.4. The second kappa shape index (κ2) is 5.09. The van der Waals surface area contributed by atoms with Gasteiger partial charge in [0.1, 0.15) is 5.82 Å². The largest absolute Gasteiger partial charge is 0.367 e. The number of nitrogens with one attached hydrogen (secondary N) is 2. The first kappa shape index (κ1) is 11.8. The van der Waals surface area contributed by atoms with Crippen LogP contribution in [0.3, 0.4) is 0 Å². The van der Waals surface area contributed by atoms with Gasteiger partial charge in [-0.2, -0.15) is 0 Å². The van der Waals surface area contributed by atoms with Crippen LogP contribution in [-0.2, 0) is 0 Å². The molecular weight excluding hydrogens is 216 g/mol. The number of nitrogens with zero attached hydrogens (tertiary/aromatic N) is 4. The van der Waals surface area contributed by atoms with Crippen molar-refractivity contribution >= 4 is 11.5 Å². The summed E-state index contributed by atoms with van der Waals surface area (Å²) < 4.78 is 1.93. The zero-order chi connectivity index (χ0) is 12.3. The molecule has 0 aromatic carbocycles. The molecule has 2 aromatic heterocycles. The van der Waals surface area contributed by atoms with Crippen molar-refractivity contribution in [3.63, 3.8) is 0 Å². The van der Waals surface area contributed by atoms with Gasteiger partial charge in [-0.3, -0.25) is 4.40 Å². The molecule has 6 nitrogen and oxygen atoms in total. The first-order valence-electron chi connectivity index (χ1n) is 5.77. The van der Waals surface area contributed by atoms with Crippen molar-refractivity contribution in [2.45, 2.75) is 13.8 Å². The summed E-state index contributed by atoms with van der Waals surface area (Å²) >= 11 is 0. The molecule has 2 N–H and O–H groups in total. The summed E-state index contributed by atoms with van der Waals surface area (Å²) in [5, 5.41) is 14.6. The van der Waals surface area contributed by atoms with E-state index < -0.39 is 0 Å². The quantitative estimate of drug-likeness (QED) is 0.797. The summed E-state index contributed by atoms with van der Waals surface area (Å²) in [6, 6.07) is 0. The van der Waals surface area contributed by atoms with Gasteiger partial charge >= 0.3 is 0 Å². The van der Waals surface area contributed by atoms with Gasteiger partial charge in [0.25, 0.3) is 0 Å². The highest BCUT2D eigenvalue weighted by Crippen LogP contribution is 2.12. The Balaban J connectivity index is 2.13. The van der Waals surface area contributed by atoms with Gasteiger partial charge in [0, 0.05) is 18.9 Å². The van der Waals surface area contributed by atoms with Gasteiger partial charge in [-0.25, -0.2) is 4.98 Å². The summed E-state index contributed by atoms with van der Waals surface area (Å²) in [6.07, 6.45) is 3.63. The van der Waals surface area contributed by atoms with E-state index in [-0.39, 0.29) is 0 Å². The van der Waals surface area contributed by atoms with Crippen LogP contribution >= 0.6 is 0 Å². The van der Waals surface area contributed by atoms with E-state index in [4.69, 9.17) is 0 Å². The Bertz CT molecular complexity index is 492. The Morgan fingerprint density at radius 1 is 1.35 bits per heavy atom. The number of aryl methyl sites for hydroxylation is 1. The summed E-state index contributed by atoms with van der Waals surface area (Å²) in [6.45, 7) is 5.94. The van der Waals surface area contributed by atoms with Crippen molar-refractivity contribution in [3.05, 3.63) is 18.2 Å². The van der Waals surface area contributed by atoms with Crippen LogP contribution in [0, 0.1) is 12.8 Å². The molecule has 0 bridgehead atoms. The smallest absolute Gasteiger partial charge is 0.203 e. The van der Waals surface area contributed by atoms with Crippen molar-refractivity contribution in [1.82, 2.24) is 24.9 Å². The monoisotopic (exact) mass is 234 g/mol. The molecule has 0 saturated carbocycles. The molecule has 0 spiro atoms. The van der Waals surface area contributed by atoms with Crippen LogP contribution in [0.4, 0.5) is 5.82 Å². The summed E-state index contributed by atoms with van der Waals surface area (Å²) in [5.41, 5.74) is 0.779. The van der Waals surface area contributed by atoms with Crippen molar-refractivity contribution in [2.24, 2.45) is 5.92 Å². The molecule has 0 saturated heterocycles. The van der Waals surface area contributed by atoms with E-state index in [0.717, 1.165) is 30.4 Å². The van der Waals surface area contributed by atoms with Crippen LogP contribution < -0.4 is 10.6 Å². The number of fused-ring (bicyclic) bond motifs is 1. The third kappa shape index (κ3) is 2.52. The molecule has 0 fully saturated rings. The first-order chi connectivity index (χ1) is 8.22. The normalized spacial score (nSPS) is 12.9. The lowest BCUT2D eigenvalue weighted by molar-refractivity contribution is 0.569. The molecule has 0 amide bonds. The van der Waals surface area contributed by atoms with Crippen molar-refractivity contribution in [1.29, 1.82) is 0 Å². The minimum atomic E-state index is 0.533. The summed E-state index contributed by atoms with van der Waals surface area (Å²) in [5.74, 6) is 2.19. The highest BCUT2D eigenvalue weighted by atomic mass is 15.3. The van der Waals surface area contributed by atoms with Gasteiger partial charge in [0.05, 0.1) is 0 Å². The Kier molecular flexibility index (Phi) is 3.53. The number of anilines is 1. The van der Waals surface area contributed by atoms with Gasteiger partial charge in [-0.1, -0.05) is 6.92 Å². The molecule has 92 valence electrons. The predicted octanol–water partition coefficient (Wildman–Crippen LogP) is 0.700. The highest BCUT2D eigenvalue weighted by Gasteiger charge is 2.08. The number of hydrogen-bond donors (Lipinski definition) is 2. The summed E-state index contributed by atoms with van der Waals surface area (Å²) in [4.78, 5) is 4.30. The molecule has 0 aliphatic heterocycles. The number of aromatic nitrogens is 4. The molecule has 0 radical (unpaired) electrons. The van der Waals surface area contributed by atoms with Crippen molar-refractivity contribution in [3.8, 4) is 0 Å². The van der Waals surface area contributed by atoms with E-state index in [9.17, 15) is 0 Å². The minimum Gasteiger partial charge on any atom is -0.367 e. The third-order valence-corrected chi connectivity index (χ3v) is 2.67. The van der Waals surface area contributed by atoms with E-state index >= 15 is 0 Å². The maximum Gasteiger partial charge on any atom is 0.203 e. The fourth-order valence-electron chi connectivity index (χ4n) is 1.76. The van der Waals surface area contributed by atoms with Gasteiger partial charge in [-0.05, 0) is 26.4 Å². The molecule has 2 aromatic rings. The van der Waals surface area contributed by atoms with Crippen molar-refractivity contribution in [2.75, 3.05) is 25.5 Å². The maximum absolute atomic E-state index is 4.30.